The molecule has 3 rings (SSSR count). The lowest BCUT2D eigenvalue weighted by atomic mass is 9.82. The monoisotopic (exact) mass is 308 g/mol. The fourth-order valence-electron chi connectivity index (χ4n) is 3.48. The second-order valence-corrected chi connectivity index (χ2v) is 7.81. The molecule has 3 atom stereocenters. The highest BCUT2D eigenvalue weighted by molar-refractivity contribution is 5.82. The van der Waals surface area contributed by atoms with Gasteiger partial charge in [0.2, 0.25) is 11.8 Å². The number of nitrogens with one attached hydrogen (secondary N) is 1. The Kier molecular flexibility index (Phi) is 4.19. The molecule has 3 fully saturated rings. The van der Waals surface area contributed by atoms with Gasteiger partial charge < -0.3 is 15.0 Å². The zero-order chi connectivity index (χ0) is 15.9. The second-order valence-electron chi connectivity index (χ2n) is 7.81. The fraction of sp³-hybridized carbons (Fsp3) is 0.882. The van der Waals surface area contributed by atoms with Gasteiger partial charge in [0.05, 0.1) is 19.7 Å². The molecular weight excluding hydrogens is 280 g/mol. The summed E-state index contributed by atoms with van der Waals surface area (Å²) in [6, 6.07) is 0. The summed E-state index contributed by atoms with van der Waals surface area (Å²) in [7, 11) is 0. The van der Waals surface area contributed by atoms with Crippen molar-refractivity contribution >= 4 is 11.8 Å². The van der Waals surface area contributed by atoms with Crippen LogP contribution in [-0.2, 0) is 14.3 Å². The molecule has 0 aromatic rings. The summed E-state index contributed by atoms with van der Waals surface area (Å²) in [5.41, 5.74) is -0.0909. The van der Waals surface area contributed by atoms with E-state index in [0.29, 0.717) is 30.9 Å². The van der Waals surface area contributed by atoms with E-state index < -0.39 is 0 Å². The highest BCUT2D eigenvalue weighted by atomic mass is 16.5. The van der Waals surface area contributed by atoms with Crippen LogP contribution in [0, 0.1) is 23.7 Å². The molecular formula is C17H28N2O3. The minimum Gasteiger partial charge on any atom is -0.371 e. The maximum atomic E-state index is 12.2. The summed E-state index contributed by atoms with van der Waals surface area (Å²) in [5.74, 6) is 1.73. The number of rotatable bonds is 4. The van der Waals surface area contributed by atoms with Crippen molar-refractivity contribution in [2.75, 3.05) is 26.2 Å². The van der Waals surface area contributed by atoms with E-state index in [9.17, 15) is 9.59 Å². The van der Waals surface area contributed by atoms with Gasteiger partial charge in [-0.3, -0.25) is 9.59 Å². The summed E-state index contributed by atoms with van der Waals surface area (Å²) in [6.45, 7) is 8.88. The summed E-state index contributed by atoms with van der Waals surface area (Å²) < 4.78 is 6.07. The van der Waals surface area contributed by atoms with Crippen LogP contribution in [0.3, 0.4) is 0 Å². The van der Waals surface area contributed by atoms with Crippen molar-refractivity contribution in [3.8, 4) is 0 Å². The second kappa shape index (κ2) is 5.84. The molecule has 2 heterocycles. The first-order valence-corrected chi connectivity index (χ1v) is 8.61. The molecule has 1 spiro atoms. The Bertz CT molecular complexity index is 447. The first-order valence-electron chi connectivity index (χ1n) is 8.61. The first-order chi connectivity index (χ1) is 10.4. The Hall–Kier alpha value is -1.10. The van der Waals surface area contributed by atoms with Crippen LogP contribution in [0.15, 0.2) is 0 Å². The molecule has 5 heteroatoms. The van der Waals surface area contributed by atoms with Crippen molar-refractivity contribution in [1.82, 2.24) is 10.2 Å². The van der Waals surface area contributed by atoms with Gasteiger partial charge in [-0.15, -0.1) is 0 Å². The zero-order valence-electron chi connectivity index (χ0n) is 13.9. The van der Waals surface area contributed by atoms with Crippen molar-refractivity contribution in [2.45, 2.75) is 45.6 Å². The number of nitrogens with zero attached hydrogens (tertiary/aromatic N) is 1. The van der Waals surface area contributed by atoms with Crippen molar-refractivity contribution in [2.24, 2.45) is 23.7 Å². The largest absolute Gasteiger partial charge is 0.371 e. The van der Waals surface area contributed by atoms with Crippen molar-refractivity contribution in [3.63, 3.8) is 0 Å². The normalized spacial score (nSPS) is 32.7. The fourth-order valence-corrected chi connectivity index (χ4v) is 3.48. The van der Waals surface area contributed by atoms with E-state index in [1.54, 1.807) is 0 Å². The average Bonchev–Trinajstić information content (AvgIpc) is 3.19. The van der Waals surface area contributed by atoms with E-state index in [4.69, 9.17) is 4.74 Å². The minimum absolute atomic E-state index is 0.0341. The van der Waals surface area contributed by atoms with Crippen LogP contribution in [0.25, 0.3) is 0 Å². The van der Waals surface area contributed by atoms with Gasteiger partial charge in [0.15, 0.2) is 0 Å². The van der Waals surface area contributed by atoms with E-state index in [-0.39, 0.29) is 23.3 Å². The van der Waals surface area contributed by atoms with Gasteiger partial charge in [-0.1, -0.05) is 20.8 Å². The van der Waals surface area contributed by atoms with Gasteiger partial charge in [0.25, 0.3) is 0 Å². The van der Waals surface area contributed by atoms with E-state index in [2.05, 4.69) is 12.2 Å². The van der Waals surface area contributed by atoms with E-state index in [1.807, 2.05) is 18.7 Å². The summed E-state index contributed by atoms with van der Waals surface area (Å²) in [6.07, 6.45) is 3.13. The van der Waals surface area contributed by atoms with Gasteiger partial charge in [-0.2, -0.15) is 0 Å². The SMILES string of the molecule is CC(C)C(=O)NCC1CCC2(CN(C(=O)C3CC3C)C2)OC1. The number of ether oxygens (including phenoxy) is 1. The molecule has 0 radical (unpaired) electrons. The van der Waals surface area contributed by atoms with Gasteiger partial charge in [0.1, 0.15) is 5.60 Å². The highest BCUT2D eigenvalue weighted by Crippen LogP contribution is 2.43. The summed E-state index contributed by atoms with van der Waals surface area (Å²) in [4.78, 5) is 25.7. The van der Waals surface area contributed by atoms with E-state index >= 15 is 0 Å². The molecule has 3 aliphatic rings. The quantitative estimate of drug-likeness (QED) is 0.854. The summed E-state index contributed by atoms with van der Waals surface area (Å²) in [5, 5.41) is 2.99. The number of hydrogen-bond acceptors (Lipinski definition) is 3. The molecule has 5 nitrogen and oxygen atoms in total. The molecule has 2 aliphatic heterocycles. The van der Waals surface area contributed by atoms with Gasteiger partial charge in [-0.25, -0.2) is 0 Å². The number of amides is 2. The predicted molar refractivity (Wildman–Crippen MR) is 83.1 cm³/mol. The van der Waals surface area contributed by atoms with Crippen LogP contribution < -0.4 is 5.32 Å². The molecule has 0 bridgehead atoms. The molecule has 2 saturated heterocycles. The maximum Gasteiger partial charge on any atom is 0.226 e. The van der Waals surface area contributed by atoms with Gasteiger partial charge in [0, 0.05) is 18.4 Å². The number of carbonyl (C=O) groups is 2. The van der Waals surface area contributed by atoms with E-state index in [1.165, 1.54) is 0 Å². The third kappa shape index (κ3) is 3.14. The standard InChI is InChI=1S/C17H28N2O3/c1-11(2)15(20)18-7-13-4-5-17(22-8-13)9-19(10-17)16(21)14-6-12(14)3/h11-14H,4-10H2,1-3H3,(H,18,20). The average molecular weight is 308 g/mol. The van der Waals surface area contributed by atoms with Crippen LogP contribution in [-0.4, -0.2) is 48.6 Å². The molecule has 1 N–H and O–H groups in total. The lowest BCUT2D eigenvalue weighted by molar-refractivity contribution is -0.189. The number of likely N-dealkylation sites (tertiary alicyclic amines) is 1. The van der Waals surface area contributed by atoms with Crippen LogP contribution in [0.1, 0.15) is 40.0 Å². The topological polar surface area (TPSA) is 58.6 Å². The molecule has 0 aromatic heterocycles. The van der Waals surface area contributed by atoms with Crippen molar-refractivity contribution < 1.29 is 14.3 Å². The molecule has 1 aliphatic carbocycles. The predicted octanol–water partition coefficient (Wildman–Crippen LogP) is 1.42. The van der Waals surface area contributed by atoms with Crippen molar-refractivity contribution in [3.05, 3.63) is 0 Å². The lowest BCUT2D eigenvalue weighted by Crippen LogP contribution is -2.66. The van der Waals surface area contributed by atoms with Gasteiger partial charge in [-0.05, 0) is 31.1 Å². The minimum atomic E-state index is -0.0909. The molecule has 0 aromatic carbocycles. The molecule has 124 valence electrons. The lowest BCUT2D eigenvalue weighted by Gasteiger charge is -2.53. The van der Waals surface area contributed by atoms with Crippen LogP contribution in [0.5, 0.6) is 0 Å². The smallest absolute Gasteiger partial charge is 0.226 e. The van der Waals surface area contributed by atoms with Crippen molar-refractivity contribution in [1.29, 1.82) is 0 Å². The van der Waals surface area contributed by atoms with Crippen LogP contribution in [0.4, 0.5) is 0 Å². The Morgan fingerprint density at radius 2 is 2.05 bits per heavy atom. The van der Waals surface area contributed by atoms with Gasteiger partial charge >= 0.3 is 0 Å². The highest BCUT2D eigenvalue weighted by Gasteiger charge is 2.52. The Morgan fingerprint density at radius 3 is 2.55 bits per heavy atom. The Balaban J connectivity index is 1.38. The number of hydrogen-bond donors (Lipinski definition) is 1. The molecule has 3 unspecified atom stereocenters. The number of carbonyl (C=O) groups excluding carboxylic acids is 2. The van der Waals surface area contributed by atoms with Crippen LogP contribution >= 0.6 is 0 Å². The van der Waals surface area contributed by atoms with E-state index in [0.717, 1.165) is 32.4 Å². The summed E-state index contributed by atoms with van der Waals surface area (Å²) >= 11 is 0. The Morgan fingerprint density at radius 1 is 1.36 bits per heavy atom. The molecule has 2 amide bonds. The zero-order valence-corrected chi connectivity index (χ0v) is 13.9. The molecule has 1 saturated carbocycles. The van der Waals surface area contributed by atoms with Crippen LogP contribution in [0.2, 0.25) is 0 Å². The molecule has 22 heavy (non-hydrogen) atoms. The maximum absolute atomic E-state index is 12.2. The first kappa shape index (κ1) is 15.8. The third-order valence-electron chi connectivity index (χ3n) is 5.42. The third-order valence-corrected chi connectivity index (χ3v) is 5.42. The Labute approximate surface area is 132 Å².